The molecule has 0 aliphatic heterocycles. The Kier molecular flexibility index (Phi) is 5.53. The van der Waals surface area contributed by atoms with E-state index in [4.69, 9.17) is 0 Å². The van der Waals surface area contributed by atoms with Gasteiger partial charge in [0.25, 0.3) is 0 Å². The van der Waals surface area contributed by atoms with E-state index >= 15 is 0 Å². The van der Waals surface area contributed by atoms with Gasteiger partial charge < -0.3 is 4.90 Å². The zero-order valence-corrected chi connectivity index (χ0v) is 22.1. The molecule has 0 atom stereocenters. The summed E-state index contributed by atoms with van der Waals surface area (Å²) in [5.41, 5.74) is 11.4. The molecule has 0 spiro atoms. The third-order valence-electron chi connectivity index (χ3n) is 8.63. The van der Waals surface area contributed by atoms with Crippen LogP contribution in [0.3, 0.4) is 0 Å². The molecule has 1 nitrogen and oxygen atoms in total. The molecule has 1 aliphatic carbocycles. The molecule has 37 heavy (non-hydrogen) atoms. The summed E-state index contributed by atoms with van der Waals surface area (Å²) in [5, 5.41) is 0. The summed E-state index contributed by atoms with van der Waals surface area (Å²) in [7, 11) is 0. The van der Waals surface area contributed by atoms with Crippen molar-refractivity contribution in [1.29, 1.82) is 0 Å². The summed E-state index contributed by atoms with van der Waals surface area (Å²) in [5.74, 6) is 0. The van der Waals surface area contributed by atoms with Gasteiger partial charge in [-0.15, -0.1) is 0 Å². The quantitative estimate of drug-likeness (QED) is 0.248. The van der Waals surface area contributed by atoms with Crippen molar-refractivity contribution in [1.82, 2.24) is 0 Å². The van der Waals surface area contributed by atoms with Crippen molar-refractivity contribution in [3.63, 3.8) is 0 Å². The normalized spacial score (nSPS) is 14.9. The Balaban J connectivity index is 1.51. The molecule has 0 radical (unpaired) electrons. The van der Waals surface area contributed by atoms with E-state index in [1.807, 2.05) is 0 Å². The lowest BCUT2D eigenvalue weighted by Gasteiger charge is -2.48. The minimum absolute atomic E-state index is 0.00409. The van der Waals surface area contributed by atoms with E-state index < -0.39 is 0 Å². The van der Waals surface area contributed by atoms with Crippen LogP contribution < -0.4 is 4.90 Å². The highest BCUT2D eigenvalue weighted by atomic mass is 15.1. The smallest absolute Gasteiger partial charge is 0.0464 e. The van der Waals surface area contributed by atoms with Gasteiger partial charge in [0.15, 0.2) is 0 Å². The molecule has 0 fully saturated rings. The standard InChI is InChI=1S/C36H33N/c1-35(2)33-18-12-11-17-31(33)32-24-23-30(25-34(32)36(35,3)4)37(28-15-9-6-10-16-28)29-21-19-27(20-22-29)26-13-7-5-8-14-26/h5-25H,1-4H3. The highest BCUT2D eigenvalue weighted by Gasteiger charge is 2.45. The number of anilines is 3. The van der Waals surface area contributed by atoms with Gasteiger partial charge in [-0.25, -0.2) is 0 Å². The number of fused-ring (bicyclic) bond motifs is 3. The summed E-state index contributed by atoms with van der Waals surface area (Å²) in [6.45, 7) is 9.57. The van der Waals surface area contributed by atoms with Gasteiger partial charge in [-0.05, 0) is 80.6 Å². The summed E-state index contributed by atoms with van der Waals surface area (Å²) in [6.07, 6.45) is 0. The molecular formula is C36H33N. The molecule has 0 heterocycles. The van der Waals surface area contributed by atoms with Crippen molar-refractivity contribution < 1.29 is 0 Å². The van der Waals surface area contributed by atoms with Gasteiger partial charge in [0, 0.05) is 17.1 Å². The van der Waals surface area contributed by atoms with Crippen molar-refractivity contribution in [3.05, 3.63) is 139 Å². The highest BCUT2D eigenvalue weighted by molar-refractivity contribution is 5.84. The first-order chi connectivity index (χ1) is 17.9. The third kappa shape index (κ3) is 3.78. The first-order valence-electron chi connectivity index (χ1n) is 13.1. The number of hydrogen-bond donors (Lipinski definition) is 0. The Hall–Kier alpha value is -4.10. The van der Waals surface area contributed by atoms with Crippen LogP contribution in [0.2, 0.25) is 0 Å². The van der Waals surface area contributed by atoms with Crippen LogP contribution in [0, 0.1) is 0 Å². The number of hydrogen-bond acceptors (Lipinski definition) is 1. The minimum atomic E-state index is -0.0355. The zero-order chi connectivity index (χ0) is 25.6. The highest BCUT2D eigenvalue weighted by Crippen LogP contribution is 2.54. The molecule has 5 aromatic carbocycles. The average molecular weight is 480 g/mol. The van der Waals surface area contributed by atoms with E-state index in [2.05, 4.69) is 160 Å². The Labute approximate surface area is 221 Å². The van der Waals surface area contributed by atoms with E-state index in [-0.39, 0.29) is 10.8 Å². The predicted molar refractivity (Wildman–Crippen MR) is 158 cm³/mol. The van der Waals surface area contributed by atoms with E-state index in [9.17, 15) is 0 Å². The van der Waals surface area contributed by atoms with Crippen LogP contribution >= 0.6 is 0 Å². The SMILES string of the molecule is CC1(C)c2ccccc2-c2ccc(N(c3ccccc3)c3ccc(-c4ccccc4)cc3)cc2C1(C)C. The molecule has 0 unspecified atom stereocenters. The van der Waals surface area contributed by atoms with Crippen molar-refractivity contribution >= 4 is 17.1 Å². The number of rotatable bonds is 4. The Morgan fingerprint density at radius 1 is 0.405 bits per heavy atom. The maximum atomic E-state index is 2.42. The maximum Gasteiger partial charge on any atom is 0.0464 e. The lowest BCUT2D eigenvalue weighted by molar-refractivity contribution is 0.299. The van der Waals surface area contributed by atoms with Crippen LogP contribution in [0.15, 0.2) is 127 Å². The largest absolute Gasteiger partial charge is 0.310 e. The van der Waals surface area contributed by atoms with E-state index in [0.717, 1.165) is 11.4 Å². The molecule has 0 saturated heterocycles. The number of nitrogens with zero attached hydrogens (tertiary/aromatic N) is 1. The molecule has 1 aliphatic rings. The first kappa shape index (κ1) is 23.3. The second-order valence-corrected chi connectivity index (χ2v) is 11.1. The van der Waals surface area contributed by atoms with Gasteiger partial charge in [-0.1, -0.05) is 119 Å². The minimum Gasteiger partial charge on any atom is -0.310 e. The van der Waals surface area contributed by atoms with Crippen LogP contribution in [0.4, 0.5) is 17.1 Å². The van der Waals surface area contributed by atoms with Gasteiger partial charge in [0.1, 0.15) is 0 Å². The van der Waals surface area contributed by atoms with Crippen LogP contribution in [0.1, 0.15) is 38.8 Å². The molecule has 0 amide bonds. The second-order valence-electron chi connectivity index (χ2n) is 11.1. The Morgan fingerprint density at radius 3 is 1.59 bits per heavy atom. The van der Waals surface area contributed by atoms with Crippen LogP contribution in [-0.4, -0.2) is 0 Å². The van der Waals surface area contributed by atoms with Crippen LogP contribution in [0.5, 0.6) is 0 Å². The summed E-state index contributed by atoms with van der Waals surface area (Å²) >= 11 is 0. The fraction of sp³-hybridized carbons (Fsp3) is 0.167. The van der Waals surface area contributed by atoms with Gasteiger partial charge in [-0.2, -0.15) is 0 Å². The van der Waals surface area contributed by atoms with E-state index in [1.54, 1.807) is 0 Å². The maximum absolute atomic E-state index is 2.42. The summed E-state index contributed by atoms with van der Waals surface area (Å²) in [6, 6.07) is 46.1. The Bertz CT molecular complexity index is 1540. The average Bonchev–Trinajstić information content (AvgIpc) is 2.94. The second kappa shape index (κ2) is 8.78. The van der Waals surface area contributed by atoms with Crippen molar-refractivity contribution in [2.24, 2.45) is 0 Å². The number of para-hydroxylation sites is 1. The Morgan fingerprint density at radius 2 is 0.892 bits per heavy atom. The summed E-state index contributed by atoms with van der Waals surface area (Å²) in [4.78, 5) is 2.37. The van der Waals surface area contributed by atoms with Crippen LogP contribution in [-0.2, 0) is 10.8 Å². The molecule has 5 aromatic rings. The van der Waals surface area contributed by atoms with Gasteiger partial charge >= 0.3 is 0 Å². The molecule has 0 bridgehead atoms. The lowest BCUT2D eigenvalue weighted by Crippen LogP contribution is -2.43. The van der Waals surface area contributed by atoms with E-state index in [1.165, 1.54) is 39.1 Å². The van der Waals surface area contributed by atoms with E-state index in [0.29, 0.717) is 0 Å². The molecule has 1 heteroatoms. The zero-order valence-electron chi connectivity index (χ0n) is 22.1. The topological polar surface area (TPSA) is 3.24 Å². The molecule has 0 saturated carbocycles. The molecule has 6 rings (SSSR count). The number of benzene rings is 5. The molecule has 0 aromatic heterocycles. The lowest BCUT2D eigenvalue weighted by atomic mass is 9.55. The van der Waals surface area contributed by atoms with Gasteiger partial charge in [-0.3, -0.25) is 0 Å². The van der Waals surface area contributed by atoms with Gasteiger partial charge in [0.2, 0.25) is 0 Å². The molecule has 182 valence electrons. The summed E-state index contributed by atoms with van der Waals surface area (Å²) < 4.78 is 0. The molecule has 0 N–H and O–H groups in total. The molecular weight excluding hydrogens is 446 g/mol. The van der Waals surface area contributed by atoms with Crippen molar-refractivity contribution in [3.8, 4) is 22.3 Å². The van der Waals surface area contributed by atoms with Gasteiger partial charge in [0.05, 0.1) is 0 Å². The first-order valence-corrected chi connectivity index (χ1v) is 13.1. The monoisotopic (exact) mass is 479 g/mol. The predicted octanol–water partition coefficient (Wildman–Crippen LogP) is 10.1. The third-order valence-corrected chi connectivity index (χ3v) is 8.63. The van der Waals surface area contributed by atoms with Crippen molar-refractivity contribution in [2.45, 2.75) is 38.5 Å². The van der Waals surface area contributed by atoms with Crippen LogP contribution in [0.25, 0.3) is 22.3 Å². The fourth-order valence-electron chi connectivity index (χ4n) is 5.82. The fourth-order valence-corrected chi connectivity index (χ4v) is 5.82. The van der Waals surface area contributed by atoms with Crippen molar-refractivity contribution in [2.75, 3.05) is 4.90 Å².